The molecule has 0 aromatic heterocycles. The zero-order valence-corrected chi connectivity index (χ0v) is 10.6. The van der Waals surface area contributed by atoms with Gasteiger partial charge in [-0.3, -0.25) is 10.3 Å². The molecule has 2 aromatic carbocycles. The van der Waals surface area contributed by atoms with Crippen molar-refractivity contribution in [2.45, 2.75) is 0 Å². The van der Waals surface area contributed by atoms with Crippen molar-refractivity contribution in [1.82, 2.24) is 0 Å². The van der Waals surface area contributed by atoms with E-state index >= 15 is 0 Å². The molecule has 4 nitrogen and oxygen atoms in total. The molecule has 4 heteroatoms. The summed E-state index contributed by atoms with van der Waals surface area (Å²) in [5.74, 6) is 0.837. The Labute approximate surface area is 107 Å². The molecule has 0 bridgehead atoms. The zero-order chi connectivity index (χ0) is 13.2. The first-order valence-corrected chi connectivity index (χ1v) is 5.50. The number of hydrogen-bond donors (Lipinski definition) is 2. The van der Waals surface area contributed by atoms with Gasteiger partial charge in [0, 0.05) is 5.69 Å². The summed E-state index contributed by atoms with van der Waals surface area (Å²) in [6.07, 6.45) is 0. The van der Waals surface area contributed by atoms with Gasteiger partial charge in [0.1, 0.15) is 5.75 Å². The molecule has 0 fully saturated rings. The van der Waals surface area contributed by atoms with E-state index < -0.39 is 0 Å². The second-order valence-electron chi connectivity index (χ2n) is 3.45. The van der Waals surface area contributed by atoms with Crippen molar-refractivity contribution in [3.8, 4) is 5.75 Å². The van der Waals surface area contributed by atoms with Crippen LogP contribution in [0.4, 0.5) is 11.4 Å². The van der Waals surface area contributed by atoms with Crippen LogP contribution in [-0.4, -0.2) is 14.2 Å². The van der Waals surface area contributed by atoms with Gasteiger partial charge in [-0.2, -0.15) is 0 Å². The minimum atomic E-state index is 0.760. The smallest absolute Gasteiger partial charge is 0.119 e. The van der Waals surface area contributed by atoms with Crippen LogP contribution in [-0.2, 0) is 4.84 Å². The molecule has 0 aliphatic heterocycles. The normalized spacial score (nSPS) is 9.00. The maximum atomic E-state index is 5.43. The van der Waals surface area contributed by atoms with Crippen molar-refractivity contribution >= 4 is 11.4 Å². The standard InChI is InChI=1S/2C7H9NO/c1-9-7-4-2-6(8)3-5-7;1-9-8-7-5-3-2-4-6-7/h2-5H,8H2,1H3;2-6,8H,1H3. The van der Waals surface area contributed by atoms with Gasteiger partial charge in [0.05, 0.1) is 19.9 Å². The minimum absolute atomic E-state index is 0.760. The highest BCUT2D eigenvalue weighted by Crippen LogP contribution is 2.11. The average molecular weight is 246 g/mol. The monoisotopic (exact) mass is 246 g/mol. The first kappa shape index (κ1) is 13.9. The summed E-state index contributed by atoms with van der Waals surface area (Å²) in [5.41, 5.74) is 9.87. The molecule has 0 aliphatic rings. The van der Waals surface area contributed by atoms with Crippen molar-refractivity contribution in [3.05, 3.63) is 54.6 Å². The highest BCUT2D eigenvalue weighted by atomic mass is 16.6. The molecule has 0 saturated heterocycles. The fourth-order valence-corrected chi connectivity index (χ4v) is 1.23. The van der Waals surface area contributed by atoms with Crippen molar-refractivity contribution in [2.24, 2.45) is 0 Å². The van der Waals surface area contributed by atoms with Crippen LogP contribution in [0.3, 0.4) is 0 Å². The maximum Gasteiger partial charge on any atom is 0.119 e. The van der Waals surface area contributed by atoms with Crippen molar-refractivity contribution < 1.29 is 9.57 Å². The summed E-state index contributed by atoms with van der Waals surface area (Å²) in [4.78, 5) is 4.68. The van der Waals surface area contributed by atoms with E-state index in [2.05, 4.69) is 10.3 Å². The fraction of sp³-hybridized carbons (Fsp3) is 0.143. The minimum Gasteiger partial charge on any atom is -0.497 e. The molecule has 18 heavy (non-hydrogen) atoms. The zero-order valence-electron chi connectivity index (χ0n) is 10.6. The number of anilines is 2. The van der Waals surface area contributed by atoms with Gasteiger partial charge >= 0.3 is 0 Å². The lowest BCUT2D eigenvalue weighted by atomic mass is 10.3. The number of benzene rings is 2. The molecule has 0 amide bonds. The average Bonchev–Trinajstić information content (AvgIpc) is 2.42. The lowest BCUT2D eigenvalue weighted by molar-refractivity contribution is 0.271. The van der Waals surface area contributed by atoms with Gasteiger partial charge < -0.3 is 10.5 Å². The lowest BCUT2D eigenvalue weighted by Crippen LogP contribution is -1.93. The van der Waals surface area contributed by atoms with Gasteiger partial charge in [-0.1, -0.05) is 18.2 Å². The Morgan fingerprint density at radius 2 is 1.50 bits per heavy atom. The van der Waals surface area contributed by atoms with Crippen molar-refractivity contribution in [3.63, 3.8) is 0 Å². The van der Waals surface area contributed by atoms with Crippen LogP contribution in [0.15, 0.2) is 54.6 Å². The Morgan fingerprint density at radius 3 is 2.00 bits per heavy atom. The van der Waals surface area contributed by atoms with Crippen LogP contribution < -0.4 is 16.0 Å². The molecular formula is C14H18N2O2. The predicted molar refractivity (Wildman–Crippen MR) is 74.5 cm³/mol. The van der Waals surface area contributed by atoms with E-state index in [4.69, 9.17) is 10.5 Å². The number of ether oxygens (including phenoxy) is 1. The first-order chi connectivity index (χ1) is 8.76. The quantitative estimate of drug-likeness (QED) is 0.646. The van der Waals surface area contributed by atoms with Gasteiger partial charge in [0.15, 0.2) is 0 Å². The van der Waals surface area contributed by atoms with E-state index in [0.29, 0.717) is 0 Å². The summed E-state index contributed by atoms with van der Waals surface area (Å²) >= 11 is 0. The number of nitrogen functional groups attached to an aromatic ring is 1. The number of nitrogens with one attached hydrogen (secondary N) is 1. The van der Waals surface area contributed by atoms with E-state index in [1.165, 1.54) is 0 Å². The predicted octanol–water partition coefficient (Wildman–Crippen LogP) is 2.94. The summed E-state index contributed by atoms with van der Waals surface area (Å²) in [6.45, 7) is 0. The van der Waals surface area contributed by atoms with Crippen LogP contribution in [0.25, 0.3) is 0 Å². The van der Waals surface area contributed by atoms with Crippen LogP contribution in [0, 0.1) is 0 Å². The first-order valence-electron chi connectivity index (χ1n) is 5.50. The molecule has 3 N–H and O–H groups in total. The molecule has 0 aliphatic carbocycles. The third kappa shape index (κ3) is 5.23. The molecule has 2 rings (SSSR count). The molecule has 0 heterocycles. The third-order valence-electron chi connectivity index (χ3n) is 2.11. The van der Waals surface area contributed by atoms with Crippen molar-refractivity contribution in [2.75, 3.05) is 25.4 Å². The molecule has 2 aromatic rings. The largest absolute Gasteiger partial charge is 0.497 e. The molecule has 0 atom stereocenters. The van der Waals surface area contributed by atoms with Crippen LogP contribution in [0.2, 0.25) is 0 Å². The number of para-hydroxylation sites is 1. The summed E-state index contributed by atoms with van der Waals surface area (Å²) in [5, 5.41) is 0. The molecule has 0 saturated carbocycles. The highest BCUT2D eigenvalue weighted by Gasteiger charge is 1.86. The Kier molecular flexibility index (Phi) is 6.14. The SMILES string of the molecule is CONc1ccccc1.COc1ccc(N)cc1. The Morgan fingerprint density at radius 1 is 0.889 bits per heavy atom. The van der Waals surface area contributed by atoms with Gasteiger partial charge in [0.2, 0.25) is 0 Å². The summed E-state index contributed by atoms with van der Waals surface area (Å²) < 4.78 is 4.91. The number of rotatable bonds is 3. The lowest BCUT2D eigenvalue weighted by Gasteiger charge is -1.99. The molecule has 96 valence electrons. The van der Waals surface area contributed by atoms with Crippen LogP contribution in [0.5, 0.6) is 5.75 Å². The molecule has 0 spiro atoms. The second-order valence-corrected chi connectivity index (χ2v) is 3.45. The molecule has 0 unspecified atom stereocenters. The topological polar surface area (TPSA) is 56.5 Å². The Bertz CT molecular complexity index is 429. The second kappa shape index (κ2) is 7.97. The maximum absolute atomic E-state index is 5.43. The third-order valence-corrected chi connectivity index (χ3v) is 2.11. The van der Waals surface area contributed by atoms with Gasteiger partial charge in [-0.25, -0.2) is 0 Å². The van der Waals surface area contributed by atoms with Crippen LogP contribution in [0.1, 0.15) is 0 Å². The Hall–Kier alpha value is -2.20. The van der Waals surface area contributed by atoms with Gasteiger partial charge in [-0.15, -0.1) is 0 Å². The molecular weight excluding hydrogens is 228 g/mol. The number of hydrogen-bond acceptors (Lipinski definition) is 4. The van der Waals surface area contributed by atoms with Crippen LogP contribution >= 0.6 is 0 Å². The van der Waals surface area contributed by atoms with Crippen molar-refractivity contribution in [1.29, 1.82) is 0 Å². The van der Waals surface area contributed by atoms with E-state index in [1.54, 1.807) is 26.4 Å². The van der Waals surface area contributed by atoms with E-state index in [0.717, 1.165) is 17.1 Å². The number of methoxy groups -OCH3 is 1. The fourth-order valence-electron chi connectivity index (χ4n) is 1.23. The summed E-state index contributed by atoms with van der Waals surface area (Å²) in [6, 6.07) is 17.0. The molecule has 0 radical (unpaired) electrons. The van der Waals surface area contributed by atoms with E-state index in [1.807, 2.05) is 42.5 Å². The van der Waals surface area contributed by atoms with Gasteiger partial charge in [-0.05, 0) is 36.4 Å². The van der Waals surface area contributed by atoms with Gasteiger partial charge in [0.25, 0.3) is 0 Å². The van der Waals surface area contributed by atoms with E-state index in [9.17, 15) is 0 Å². The van der Waals surface area contributed by atoms with E-state index in [-0.39, 0.29) is 0 Å². The Balaban J connectivity index is 0.000000180. The highest BCUT2D eigenvalue weighted by molar-refractivity contribution is 5.41. The summed E-state index contributed by atoms with van der Waals surface area (Å²) in [7, 11) is 3.22. The number of nitrogens with two attached hydrogens (primary N) is 1.